The molecular weight excluding hydrogens is 366 g/mol. The summed E-state index contributed by atoms with van der Waals surface area (Å²) in [7, 11) is -0.0517. The molecule has 0 unspecified atom stereocenters. The van der Waals surface area contributed by atoms with Crippen molar-refractivity contribution < 1.29 is 17.9 Å². The first-order valence-corrected chi connectivity index (χ1v) is 10.1. The maximum absolute atomic E-state index is 12.4. The smallest absolute Gasteiger partial charge is 0.240 e. The highest BCUT2D eigenvalue weighted by molar-refractivity contribution is 7.89. The summed E-state index contributed by atoms with van der Waals surface area (Å²) in [6.45, 7) is 2.67. The highest BCUT2D eigenvalue weighted by Gasteiger charge is 2.15. The van der Waals surface area contributed by atoms with E-state index in [0.717, 1.165) is 22.6 Å². The lowest BCUT2D eigenvalue weighted by Crippen LogP contribution is -2.26. The van der Waals surface area contributed by atoms with Crippen molar-refractivity contribution in [2.45, 2.75) is 18.2 Å². The van der Waals surface area contributed by atoms with Gasteiger partial charge < -0.3 is 14.0 Å². The summed E-state index contributed by atoms with van der Waals surface area (Å²) >= 11 is 0. The molecule has 1 N–H and O–H groups in total. The first kappa shape index (κ1) is 19.2. The normalized spacial score (nSPS) is 11.7. The fraction of sp³-hybridized carbons (Fsp3) is 0.316. The van der Waals surface area contributed by atoms with Gasteiger partial charge in [-0.05, 0) is 43.3 Å². The Labute approximate surface area is 159 Å². The minimum Gasteiger partial charge on any atom is -0.497 e. The summed E-state index contributed by atoms with van der Waals surface area (Å²) in [4.78, 5) is 4.79. The van der Waals surface area contributed by atoms with Crippen LogP contribution in [0, 0.1) is 0 Å². The maximum atomic E-state index is 12.4. The van der Waals surface area contributed by atoms with E-state index in [0.29, 0.717) is 18.8 Å². The van der Waals surface area contributed by atoms with Crippen molar-refractivity contribution >= 4 is 21.1 Å². The van der Waals surface area contributed by atoms with Crippen LogP contribution >= 0.6 is 0 Å². The van der Waals surface area contributed by atoms with Crippen molar-refractivity contribution in [1.82, 2.24) is 14.3 Å². The molecule has 0 saturated carbocycles. The Morgan fingerprint density at radius 3 is 2.48 bits per heavy atom. The Hall–Kier alpha value is -2.58. The molecule has 0 bridgehead atoms. The molecule has 0 radical (unpaired) electrons. The number of imidazole rings is 1. The van der Waals surface area contributed by atoms with Gasteiger partial charge in [0.1, 0.15) is 17.3 Å². The quantitative estimate of drug-likeness (QED) is 0.640. The number of nitrogens with zero attached hydrogens (tertiary/aromatic N) is 2. The van der Waals surface area contributed by atoms with Crippen LogP contribution in [0.5, 0.6) is 11.5 Å². The SMILES string of the molecule is CCOc1ccc(S(=O)(=O)NCCc2nc3cc(OC)ccc3n2C)cc1. The molecule has 1 heterocycles. The van der Waals surface area contributed by atoms with Gasteiger partial charge in [0.15, 0.2) is 0 Å². The van der Waals surface area contributed by atoms with Gasteiger partial charge >= 0.3 is 0 Å². The molecule has 0 aliphatic heterocycles. The van der Waals surface area contributed by atoms with Crippen LogP contribution in [0.3, 0.4) is 0 Å². The Balaban J connectivity index is 1.68. The van der Waals surface area contributed by atoms with Crippen LogP contribution in [-0.4, -0.2) is 38.2 Å². The number of rotatable bonds is 8. The van der Waals surface area contributed by atoms with Gasteiger partial charge in [0.25, 0.3) is 0 Å². The Morgan fingerprint density at radius 1 is 1.11 bits per heavy atom. The van der Waals surface area contributed by atoms with Gasteiger partial charge in [0, 0.05) is 26.1 Å². The number of ether oxygens (including phenoxy) is 2. The van der Waals surface area contributed by atoms with Crippen LogP contribution in [0.2, 0.25) is 0 Å². The number of benzene rings is 2. The van der Waals surface area contributed by atoms with E-state index in [1.165, 1.54) is 12.1 Å². The van der Waals surface area contributed by atoms with Gasteiger partial charge in [-0.2, -0.15) is 0 Å². The zero-order valence-corrected chi connectivity index (χ0v) is 16.4. The predicted octanol–water partition coefficient (Wildman–Crippen LogP) is 2.50. The van der Waals surface area contributed by atoms with E-state index in [1.807, 2.05) is 36.7 Å². The number of nitrogens with one attached hydrogen (secondary N) is 1. The number of hydrogen-bond acceptors (Lipinski definition) is 5. The molecule has 8 heteroatoms. The summed E-state index contributed by atoms with van der Waals surface area (Å²) in [5.74, 6) is 2.18. The van der Waals surface area contributed by atoms with Crippen molar-refractivity contribution in [1.29, 1.82) is 0 Å². The third-order valence-electron chi connectivity index (χ3n) is 4.27. The van der Waals surface area contributed by atoms with Crippen LogP contribution < -0.4 is 14.2 Å². The number of fused-ring (bicyclic) bond motifs is 1. The highest BCUT2D eigenvalue weighted by Crippen LogP contribution is 2.21. The van der Waals surface area contributed by atoms with Crippen molar-refractivity contribution in [2.75, 3.05) is 20.3 Å². The number of methoxy groups -OCH3 is 1. The molecule has 0 atom stereocenters. The summed E-state index contributed by atoms with van der Waals surface area (Å²) in [6, 6.07) is 12.1. The first-order chi connectivity index (χ1) is 12.9. The van der Waals surface area contributed by atoms with Gasteiger partial charge in [0.05, 0.1) is 29.6 Å². The van der Waals surface area contributed by atoms with Gasteiger partial charge in [-0.25, -0.2) is 18.1 Å². The van der Waals surface area contributed by atoms with Gasteiger partial charge in [0.2, 0.25) is 10.0 Å². The third-order valence-corrected chi connectivity index (χ3v) is 5.74. The number of aryl methyl sites for hydroxylation is 1. The van der Waals surface area contributed by atoms with E-state index in [-0.39, 0.29) is 11.4 Å². The minimum absolute atomic E-state index is 0.209. The fourth-order valence-corrected chi connectivity index (χ4v) is 3.87. The highest BCUT2D eigenvalue weighted by atomic mass is 32.2. The Morgan fingerprint density at radius 2 is 1.81 bits per heavy atom. The molecule has 144 valence electrons. The zero-order valence-electron chi connectivity index (χ0n) is 15.6. The minimum atomic E-state index is -3.58. The van der Waals surface area contributed by atoms with Gasteiger partial charge in [-0.1, -0.05) is 0 Å². The van der Waals surface area contributed by atoms with E-state index in [1.54, 1.807) is 19.2 Å². The molecule has 0 aliphatic rings. The summed E-state index contributed by atoms with van der Waals surface area (Å²) in [5, 5.41) is 0. The molecule has 1 aromatic heterocycles. The van der Waals surface area contributed by atoms with Crippen molar-refractivity contribution in [2.24, 2.45) is 7.05 Å². The standard InChI is InChI=1S/C19H23N3O4S/c1-4-26-14-5-8-16(9-6-14)27(23,24)20-12-11-19-21-17-13-15(25-3)7-10-18(17)22(19)2/h5-10,13,20H,4,11-12H2,1-3H3. The topological polar surface area (TPSA) is 82.5 Å². The monoisotopic (exact) mass is 389 g/mol. The van der Waals surface area contributed by atoms with Gasteiger partial charge in [-0.3, -0.25) is 0 Å². The third kappa shape index (κ3) is 4.23. The van der Waals surface area contributed by atoms with Crippen LogP contribution in [0.4, 0.5) is 0 Å². The first-order valence-electron chi connectivity index (χ1n) is 8.66. The summed E-state index contributed by atoms with van der Waals surface area (Å²) in [5.41, 5.74) is 1.79. The second kappa shape index (κ2) is 7.98. The average Bonchev–Trinajstić information content (AvgIpc) is 2.97. The molecule has 2 aromatic carbocycles. The number of aromatic nitrogens is 2. The average molecular weight is 389 g/mol. The van der Waals surface area contributed by atoms with E-state index in [9.17, 15) is 8.42 Å². The van der Waals surface area contributed by atoms with E-state index < -0.39 is 10.0 Å². The fourth-order valence-electron chi connectivity index (χ4n) is 2.84. The van der Waals surface area contributed by atoms with E-state index >= 15 is 0 Å². The molecular formula is C19H23N3O4S. The second-order valence-electron chi connectivity index (χ2n) is 5.99. The molecule has 0 aliphatic carbocycles. The van der Waals surface area contributed by atoms with Crippen LogP contribution in [-0.2, 0) is 23.5 Å². The number of sulfonamides is 1. The summed E-state index contributed by atoms with van der Waals surface area (Å²) < 4.78 is 40.0. The predicted molar refractivity (Wildman–Crippen MR) is 104 cm³/mol. The largest absolute Gasteiger partial charge is 0.497 e. The van der Waals surface area contributed by atoms with E-state index in [2.05, 4.69) is 9.71 Å². The Bertz CT molecular complexity index is 1030. The molecule has 0 saturated heterocycles. The zero-order chi connectivity index (χ0) is 19.4. The van der Waals surface area contributed by atoms with Gasteiger partial charge in [-0.15, -0.1) is 0 Å². The van der Waals surface area contributed by atoms with Crippen molar-refractivity contribution in [3.05, 3.63) is 48.3 Å². The van der Waals surface area contributed by atoms with Crippen LogP contribution in [0.1, 0.15) is 12.7 Å². The van der Waals surface area contributed by atoms with Crippen molar-refractivity contribution in [3.8, 4) is 11.5 Å². The molecule has 0 fully saturated rings. The molecule has 27 heavy (non-hydrogen) atoms. The lowest BCUT2D eigenvalue weighted by Gasteiger charge is -2.08. The second-order valence-corrected chi connectivity index (χ2v) is 7.76. The van der Waals surface area contributed by atoms with Crippen LogP contribution in [0.15, 0.2) is 47.4 Å². The molecule has 3 rings (SSSR count). The van der Waals surface area contributed by atoms with Crippen molar-refractivity contribution in [3.63, 3.8) is 0 Å². The molecule has 7 nitrogen and oxygen atoms in total. The maximum Gasteiger partial charge on any atom is 0.240 e. The molecule has 3 aromatic rings. The van der Waals surface area contributed by atoms with Crippen LogP contribution in [0.25, 0.3) is 11.0 Å². The summed E-state index contributed by atoms with van der Waals surface area (Å²) in [6.07, 6.45) is 0.476. The molecule has 0 spiro atoms. The number of hydrogen-bond donors (Lipinski definition) is 1. The molecule has 0 amide bonds. The Kier molecular flexibility index (Phi) is 5.67. The lowest BCUT2D eigenvalue weighted by molar-refractivity contribution is 0.340. The lowest BCUT2D eigenvalue weighted by atomic mass is 10.3. The van der Waals surface area contributed by atoms with E-state index in [4.69, 9.17) is 9.47 Å².